The van der Waals surface area contributed by atoms with Crippen molar-refractivity contribution < 1.29 is 23.3 Å². The van der Waals surface area contributed by atoms with Crippen LogP contribution >= 0.6 is 0 Å². The number of aromatic nitrogens is 1. The minimum atomic E-state index is -2.65. The Morgan fingerprint density at radius 2 is 1.63 bits per heavy atom. The number of rotatable bonds is 5. The van der Waals surface area contributed by atoms with Gasteiger partial charge in [0.25, 0.3) is 11.9 Å². The highest BCUT2D eigenvalue weighted by atomic mass is 19.1. The van der Waals surface area contributed by atoms with Gasteiger partial charge in [0.2, 0.25) is 7.98 Å². The molecular formula is C14H2B9FN2O4. The third kappa shape index (κ3) is 3.96. The fraction of sp³-hybridized carbons (Fsp3) is 0.0714. The predicted octanol–water partition coefficient (Wildman–Crippen LogP) is -5.33. The number of nitrogens with zero attached hydrogens (tertiary/aromatic N) is 2. The third-order valence-electron chi connectivity index (χ3n) is 4.11. The van der Waals surface area contributed by atoms with Crippen molar-refractivity contribution in [1.29, 1.82) is 0 Å². The summed E-state index contributed by atoms with van der Waals surface area (Å²) in [5.41, 5.74) is -1.82. The minimum absolute atomic E-state index is 0.0595. The Morgan fingerprint density at radius 3 is 2.17 bits per heavy atom. The summed E-state index contributed by atoms with van der Waals surface area (Å²) in [6.07, 6.45) is 1.05. The molecule has 0 fully saturated rings. The van der Waals surface area contributed by atoms with E-state index in [2.05, 4.69) is 14.3 Å². The number of benzene rings is 1. The maximum Gasteiger partial charge on any atom is 0.378 e. The van der Waals surface area contributed by atoms with Gasteiger partial charge in [0.15, 0.2) is 5.69 Å². The molecule has 0 aliphatic carbocycles. The van der Waals surface area contributed by atoms with Crippen LogP contribution in [0.3, 0.4) is 0 Å². The van der Waals surface area contributed by atoms with Crippen molar-refractivity contribution >= 4 is 105 Å². The van der Waals surface area contributed by atoms with Crippen LogP contribution in [0, 0.1) is 5.82 Å². The molecule has 16 heteroatoms. The molecule has 30 heavy (non-hydrogen) atoms. The molecule has 0 N–H and O–H groups in total. The lowest BCUT2D eigenvalue weighted by Gasteiger charge is -2.35. The Labute approximate surface area is 184 Å². The number of carbonyl (C=O) groups excluding carboxylic acids is 2. The smallest absolute Gasteiger partial charge is 0.378 e. The lowest BCUT2D eigenvalue weighted by molar-refractivity contribution is -0.136. The number of amides is 1. The van der Waals surface area contributed by atoms with E-state index in [1.807, 2.05) is 0 Å². The Kier molecular flexibility index (Phi) is 6.99. The summed E-state index contributed by atoms with van der Waals surface area (Å²) in [5.74, 6) is -4.03. The van der Waals surface area contributed by atoms with Crippen molar-refractivity contribution in [3.8, 4) is 16.9 Å². The van der Waals surface area contributed by atoms with Crippen molar-refractivity contribution in [2.24, 2.45) is 0 Å². The molecule has 6 nitrogen and oxygen atoms in total. The Balaban J connectivity index is 2.59. The van der Waals surface area contributed by atoms with Gasteiger partial charge in [0.1, 0.15) is 58.6 Å². The van der Waals surface area contributed by atoms with Crippen LogP contribution in [0.25, 0.3) is 11.1 Å². The fourth-order valence-corrected chi connectivity index (χ4v) is 2.42. The summed E-state index contributed by atoms with van der Waals surface area (Å²) in [6, 6.07) is 1.13. The Morgan fingerprint density at radius 1 is 1.03 bits per heavy atom. The molecule has 2 aromatic rings. The van der Waals surface area contributed by atoms with Gasteiger partial charge in [-0.05, 0) is 11.6 Å². The van der Waals surface area contributed by atoms with Crippen LogP contribution in [0.5, 0.6) is 5.75 Å². The first-order chi connectivity index (χ1) is 13.9. The summed E-state index contributed by atoms with van der Waals surface area (Å²) >= 11 is 0. The van der Waals surface area contributed by atoms with Gasteiger partial charge in [-0.25, -0.2) is 9.37 Å². The topological polar surface area (TPSA) is 68.7 Å². The lowest BCUT2D eigenvalue weighted by atomic mass is 9.59. The maximum atomic E-state index is 14.2. The van der Waals surface area contributed by atoms with Crippen LogP contribution in [0.2, 0.25) is 0 Å². The van der Waals surface area contributed by atoms with Gasteiger partial charge < -0.3 is 14.1 Å². The van der Waals surface area contributed by atoms with E-state index in [4.69, 9.17) is 71.2 Å². The zero-order valence-corrected chi connectivity index (χ0v) is 15.3. The van der Waals surface area contributed by atoms with Crippen LogP contribution in [0.15, 0.2) is 12.3 Å². The molecule has 0 aliphatic rings. The highest BCUT2D eigenvalue weighted by Gasteiger charge is 2.35. The summed E-state index contributed by atoms with van der Waals surface area (Å²) < 4.78 is 22.7. The molecule has 1 amide bonds. The number of hydrogen-bond donors (Lipinski definition) is 0. The highest BCUT2D eigenvalue weighted by Crippen LogP contribution is 2.25. The van der Waals surface area contributed by atoms with Crippen LogP contribution in [-0.4, -0.2) is 98.2 Å². The zero-order chi connectivity index (χ0) is 23.0. The summed E-state index contributed by atoms with van der Waals surface area (Å²) in [7, 11) is 49.1. The SMILES string of the molecule is [B]OC(=O)C([B])([B])N([B])C(=O)c1ncc(-c2c([B])c([B])c([B])c(F)c2[B])cc1O[B]. The number of halogens is 1. The monoisotopic (exact) mass is 380 g/mol. The van der Waals surface area contributed by atoms with Gasteiger partial charge in [-0.15, -0.1) is 5.46 Å². The van der Waals surface area contributed by atoms with Gasteiger partial charge in [-0.1, -0.05) is 16.4 Å². The van der Waals surface area contributed by atoms with Crippen molar-refractivity contribution in [2.45, 2.75) is 5.34 Å². The van der Waals surface area contributed by atoms with Gasteiger partial charge in [-0.3, -0.25) is 9.59 Å². The number of hydrogen-bond acceptors (Lipinski definition) is 5. The number of pyridine rings is 1. The first-order valence-electron chi connectivity index (χ1n) is 7.76. The molecular weight excluding hydrogens is 376 g/mol. The summed E-state index contributed by atoms with van der Waals surface area (Å²) in [5, 5.41) is -2.65. The van der Waals surface area contributed by atoms with Crippen molar-refractivity contribution in [1.82, 2.24) is 9.79 Å². The molecule has 1 aromatic heterocycles. The third-order valence-corrected chi connectivity index (χ3v) is 4.11. The van der Waals surface area contributed by atoms with Gasteiger partial charge in [0, 0.05) is 17.1 Å². The quantitative estimate of drug-likeness (QED) is 0.486. The van der Waals surface area contributed by atoms with E-state index in [0.717, 1.165) is 12.3 Å². The molecule has 126 valence electrons. The second-order valence-electron chi connectivity index (χ2n) is 5.94. The van der Waals surface area contributed by atoms with Gasteiger partial charge >= 0.3 is 16.1 Å². The second-order valence-corrected chi connectivity index (χ2v) is 5.94. The Bertz CT molecular complexity index is 1010. The average Bonchev–Trinajstić information content (AvgIpc) is 2.74. The van der Waals surface area contributed by atoms with E-state index in [0.29, 0.717) is 0 Å². The molecule has 1 aromatic carbocycles. The maximum absolute atomic E-state index is 14.2. The van der Waals surface area contributed by atoms with Crippen LogP contribution in [-0.2, 0) is 9.45 Å². The van der Waals surface area contributed by atoms with Crippen molar-refractivity contribution in [2.75, 3.05) is 0 Å². The molecule has 0 saturated heterocycles. The van der Waals surface area contributed by atoms with Gasteiger partial charge in [0.05, 0.1) is 0 Å². The van der Waals surface area contributed by atoms with E-state index in [-0.39, 0.29) is 32.6 Å². The van der Waals surface area contributed by atoms with Crippen LogP contribution in [0.1, 0.15) is 10.5 Å². The molecule has 18 radical (unpaired) electrons. The van der Waals surface area contributed by atoms with E-state index >= 15 is 0 Å². The van der Waals surface area contributed by atoms with E-state index in [1.54, 1.807) is 0 Å². The van der Waals surface area contributed by atoms with E-state index in [1.165, 1.54) is 0 Å². The molecule has 0 atom stereocenters. The molecule has 2 rings (SSSR count). The first-order valence-corrected chi connectivity index (χ1v) is 7.76. The zero-order valence-electron chi connectivity index (χ0n) is 15.3. The average molecular weight is 378 g/mol. The fourth-order valence-electron chi connectivity index (χ4n) is 2.42. The molecule has 0 aliphatic heterocycles. The standard InChI is InChI=1S/C14H2B9FN2O4/c15-6-5(7(16)10(24)9(18)8(6)17)3-1-4(29-22)11(25-2-3)12(27)26(21)14(19,20)13(28)30-23/h1-2H. The van der Waals surface area contributed by atoms with Crippen molar-refractivity contribution in [3.05, 3.63) is 23.8 Å². The summed E-state index contributed by atoms with van der Waals surface area (Å²) in [6.45, 7) is 0. The van der Waals surface area contributed by atoms with Crippen LogP contribution < -0.4 is 26.5 Å². The highest BCUT2D eigenvalue weighted by molar-refractivity contribution is 6.61. The largest absolute Gasteiger partial charge is 0.566 e. The van der Waals surface area contributed by atoms with E-state index < -0.39 is 39.7 Å². The van der Waals surface area contributed by atoms with Crippen LogP contribution in [0.4, 0.5) is 4.39 Å². The molecule has 0 unspecified atom stereocenters. The van der Waals surface area contributed by atoms with Crippen molar-refractivity contribution in [3.63, 3.8) is 0 Å². The first kappa shape index (κ1) is 23.9. The molecule has 1 heterocycles. The van der Waals surface area contributed by atoms with E-state index in [9.17, 15) is 14.0 Å². The summed E-state index contributed by atoms with van der Waals surface area (Å²) in [4.78, 5) is 28.0. The number of carbonyl (C=O) groups is 2. The van der Waals surface area contributed by atoms with Gasteiger partial charge in [-0.2, -0.15) is 0 Å². The lowest BCUT2D eigenvalue weighted by Crippen LogP contribution is -2.58. The Hall–Kier alpha value is -2.38. The predicted molar refractivity (Wildman–Crippen MR) is 116 cm³/mol. The normalized spacial score (nSPS) is 11.0. The molecule has 0 saturated carbocycles. The molecule has 0 bridgehead atoms. The second kappa shape index (κ2) is 8.78. The minimum Gasteiger partial charge on any atom is -0.566 e. The molecule has 0 spiro atoms.